The number of carbonyl (C=O) groups is 2. The maximum atomic E-state index is 11.9. The molecule has 6 nitrogen and oxygen atoms in total. The number of aromatic amines is 1. The van der Waals surface area contributed by atoms with Gasteiger partial charge in [-0.1, -0.05) is 12.1 Å². The van der Waals surface area contributed by atoms with E-state index in [1.807, 2.05) is 0 Å². The van der Waals surface area contributed by atoms with Crippen LogP contribution in [0.4, 0.5) is 0 Å². The topological polar surface area (TPSA) is 88.3 Å². The molecule has 1 aromatic heterocycles. The van der Waals surface area contributed by atoms with E-state index in [1.165, 1.54) is 6.07 Å². The average molecular weight is 286 g/mol. The number of benzene rings is 1. The first kappa shape index (κ1) is 13.4. The molecule has 6 heteroatoms. The minimum absolute atomic E-state index is 0.0397. The summed E-state index contributed by atoms with van der Waals surface area (Å²) in [6, 6.07) is 8.29. The number of rotatable bonds is 4. The first-order valence-electron chi connectivity index (χ1n) is 6.72. The van der Waals surface area contributed by atoms with Crippen LogP contribution in [0.5, 0.6) is 0 Å². The predicted octanol–water partition coefficient (Wildman–Crippen LogP) is 0.964. The van der Waals surface area contributed by atoms with Crippen LogP contribution in [0.1, 0.15) is 23.3 Å². The lowest BCUT2D eigenvalue weighted by molar-refractivity contribution is -0.124. The summed E-state index contributed by atoms with van der Waals surface area (Å²) in [5.41, 5.74) is 0.330. The number of amides is 1. The van der Waals surface area contributed by atoms with Gasteiger partial charge in [-0.15, -0.1) is 0 Å². The number of hydrogen-bond donors (Lipinski definition) is 2. The van der Waals surface area contributed by atoms with Gasteiger partial charge in [0.1, 0.15) is 5.69 Å². The largest absolute Gasteiger partial charge is 0.451 e. The minimum atomic E-state index is -0.719. The zero-order valence-corrected chi connectivity index (χ0v) is 11.2. The zero-order valence-electron chi connectivity index (χ0n) is 11.2. The first-order chi connectivity index (χ1) is 10.1. The number of aromatic nitrogens is 1. The number of esters is 1. The Bertz CT molecular complexity index is 762. The van der Waals surface area contributed by atoms with Gasteiger partial charge in [-0.25, -0.2) is 4.79 Å². The number of ether oxygens (including phenoxy) is 1. The molecular weight excluding hydrogens is 272 g/mol. The molecule has 3 rings (SSSR count). The highest BCUT2D eigenvalue weighted by molar-refractivity contribution is 5.92. The van der Waals surface area contributed by atoms with Gasteiger partial charge in [0.15, 0.2) is 12.0 Å². The summed E-state index contributed by atoms with van der Waals surface area (Å²) < 4.78 is 4.90. The monoisotopic (exact) mass is 286 g/mol. The van der Waals surface area contributed by atoms with Crippen LogP contribution in [0, 0.1) is 0 Å². The summed E-state index contributed by atoms with van der Waals surface area (Å²) in [4.78, 5) is 38.0. The number of carbonyl (C=O) groups excluding carboxylic acids is 2. The van der Waals surface area contributed by atoms with Crippen molar-refractivity contribution in [2.45, 2.75) is 18.9 Å². The normalized spacial score (nSPS) is 13.9. The summed E-state index contributed by atoms with van der Waals surface area (Å²) in [7, 11) is 0. The molecule has 1 aliphatic carbocycles. The van der Waals surface area contributed by atoms with E-state index in [4.69, 9.17) is 4.74 Å². The van der Waals surface area contributed by atoms with Gasteiger partial charge < -0.3 is 15.0 Å². The van der Waals surface area contributed by atoms with Crippen LogP contribution in [0.3, 0.4) is 0 Å². The van der Waals surface area contributed by atoms with Crippen LogP contribution < -0.4 is 10.7 Å². The highest BCUT2D eigenvalue weighted by Gasteiger charge is 2.23. The van der Waals surface area contributed by atoms with Gasteiger partial charge in [0, 0.05) is 23.0 Å². The second-order valence-corrected chi connectivity index (χ2v) is 5.01. The smallest absolute Gasteiger partial charge is 0.355 e. The fraction of sp³-hybridized carbons (Fsp3) is 0.267. The Morgan fingerprint density at radius 2 is 2.05 bits per heavy atom. The summed E-state index contributed by atoms with van der Waals surface area (Å²) in [6.07, 6.45) is 1.94. The molecule has 1 heterocycles. The maximum absolute atomic E-state index is 11.9. The SMILES string of the molecule is O=C(COC(=O)c1cc(=O)c2ccccc2[nH]1)NC1CC1. The zero-order chi connectivity index (χ0) is 14.8. The number of para-hydroxylation sites is 1. The average Bonchev–Trinajstić information content (AvgIpc) is 3.28. The third-order valence-electron chi connectivity index (χ3n) is 3.23. The third kappa shape index (κ3) is 3.10. The molecule has 2 aromatic rings. The van der Waals surface area contributed by atoms with Gasteiger partial charge in [0.05, 0.1) is 0 Å². The van der Waals surface area contributed by atoms with E-state index in [9.17, 15) is 14.4 Å². The van der Waals surface area contributed by atoms with Crippen molar-refractivity contribution in [3.63, 3.8) is 0 Å². The molecule has 0 unspecified atom stereocenters. The molecule has 1 amide bonds. The van der Waals surface area contributed by atoms with Crippen molar-refractivity contribution in [2.24, 2.45) is 0 Å². The number of hydrogen-bond acceptors (Lipinski definition) is 4. The lowest BCUT2D eigenvalue weighted by Gasteiger charge is -2.06. The van der Waals surface area contributed by atoms with Crippen LogP contribution in [0.2, 0.25) is 0 Å². The van der Waals surface area contributed by atoms with Gasteiger partial charge in [0.25, 0.3) is 5.91 Å². The number of pyridine rings is 1. The second-order valence-electron chi connectivity index (χ2n) is 5.01. The van der Waals surface area contributed by atoms with Gasteiger partial charge in [-0.2, -0.15) is 0 Å². The van der Waals surface area contributed by atoms with Crippen molar-refractivity contribution < 1.29 is 14.3 Å². The molecule has 0 radical (unpaired) electrons. The van der Waals surface area contributed by atoms with Crippen LogP contribution in [0.15, 0.2) is 35.1 Å². The lowest BCUT2D eigenvalue weighted by atomic mass is 10.2. The fourth-order valence-electron chi connectivity index (χ4n) is 2.01. The van der Waals surface area contributed by atoms with Gasteiger partial charge in [0.2, 0.25) is 0 Å². The molecule has 0 atom stereocenters. The molecule has 21 heavy (non-hydrogen) atoms. The third-order valence-corrected chi connectivity index (χ3v) is 3.23. The van der Waals surface area contributed by atoms with E-state index in [2.05, 4.69) is 10.3 Å². The van der Waals surface area contributed by atoms with E-state index >= 15 is 0 Å². The van der Waals surface area contributed by atoms with E-state index in [-0.39, 0.29) is 29.7 Å². The number of fused-ring (bicyclic) bond motifs is 1. The van der Waals surface area contributed by atoms with Crippen molar-refractivity contribution in [1.82, 2.24) is 10.3 Å². The molecule has 1 aromatic carbocycles. The molecule has 1 saturated carbocycles. The Balaban J connectivity index is 1.72. The number of H-pyrrole nitrogens is 1. The molecule has 108 valence electrons. The molecule has 1 fully saturated rings. The highest BCUT2D eigenvalue weighted by Crippen LogP contribution is 2.18. The Hall–Kier alpha value is -2.63. The summed E-state index contributed by atoms with van der Waals surface area (Å²) in [6.45, 7) is -0.343. The lowest BCUT2D eigenvalue weighted by Crippen LogP contribution is -2.30. The van der Waals surface area contributed by atoms with Crippen molar-refractivity contribution in [2.75, 3.05) is 6.61 Å². The summed E-state index contributed by atoms with van der Waals surface area (Å²) >= 11 is 0. The van der Waals surface area contributed by atoms with Gasteiger partial charge in [-0.3, -0.25) is 9.59 Å². The molecule has 1 aliphatic rings. The Kier molecular flexibility index (Phi) is 3.43. The van der Waals surface area contributed by atoms with E-state index < -0.39 is 5.97 Å². The molecular formula is C15H14N2O4. The summed E-state index contributed by atoms with van der Waals surface area (Å²) in [5.74, 6) is -1.04. The molecule has 2 N–H and O–H groups in total. The van der Waals surface area contributed by atoms with Crippen molar-refractivity contribution in [3.05, 3.63) is 46.2 Å². The highest BCUT2D eigenvalue weighted by atomic mass is 16.5. The molecule has 0 saturated heterocycles. The Morgan fingerprint density at radius 1 is 1.29 bits per heavy atom. The van der Waals surface area contributed by atoms with E-state index in [0.717, 1.165) is 12.8 Å². The molecule has 0 aliphatic heterocycles. The van der Waals surface area contributed by atoms with Crippen molar-refractivity contribution in [1.29, 1.82) is 0 Å². The van der Waals surface area contributed by atoms with Gasteiger partial charge >= 0.3 is 5.97 Å². The molecule has 0 spiro atoms. The second kappa shape index (κ2) is 5.40. The quantitative estimate of drug-likeness (QED) is 0.819. The van der Waals surface area contributed by atoms with E-state index in [1.54, 1.807) is 24.3 Å². The standard InChI is InChI=1S/C15H14N2O4/c18-13-7-12(17-11-4-2-1-3-10(11)13)15(20)21-8-14(19)16-9-5-6-9/h1-4,7,9H,5-6,8H2,(H,16,19)(H,17,18). The minimum Gasteiger partial charge on any atom is -0.451 e. The maximum Gasteiger partial charge on any atom is 0.355 e. The van der Waals surface area contributed by atoms with Gasteiger partial charge in [-0.05, 0) is 25.0 Å². The first-order valence-corrected chi connectivity index (χ1v) is 6.72. The predicted molar refractivity (Wildman–Crippen MR) is 76.0 cm³/mol. The number of nitrogens with one attached hydrogen (secondary N) is 2. The summed E-state index contributed by atoms with van der Waals surface area (Å²) in [5, 5.41) is 3.21. The molecule has 0 bridgehead atoms. The van der Waals surface area contributed by atoms with E-state index in [0.29, 0.717) is 10.9 Å². The van der Waals surface area contributed by atoms with Crippen LogP contribution in [-0.4, -0.2) is 29.5 Å². The van der Waals surface area contributed by atoms with Crippen LogP contribution in [0.25, 0.3) is 10.9 Å². The van der Waals surface area contributed by atoms with Crippen molar-refractivity contribution in [3.8, 4) is 0 Å². The van der Waals surface area contributed by atoms with Crippen LogP contribution >= 0.6 is 0 Å². The van der Waals surface area contributed by atoms with Crippen molar-refractivity contribution >= 4 is 22.8 Å². The Morgan fingerprint density at radius 3 is 2.81 bits per heavy atom. The fourth-order valence-corrected chi connectivity index (χ4v) is 2.01. The van der Waals surface area contributed by atoms with Crippen LogP contribution in [-0.2, 0) is 9.53 Å². The Labute approximate surface area is 120 Å².